The molecular formula is C21H22N2O. The molecule has 1 N–H and O–H groups in total. The summed E-state index contributed by atoms with van der Waals surface area (Å²) in [4.78, 5) is 4.36. The summed E-state index contributed by atoms with van der Waals surface area (Å²) in [6.45, 7) is 5.14. The SMILES string of the molecule is CC(C)c1ccc(NCc2ccc(Oc3ccccc3)nc2)cc1. The molecule has 1 aromatic heterocycles. The molecule has 0 spiro atoms. The molecule has 0 saturated heterocycles. The van der Waals surface area contributed by atoms with Gasteiger partial charge in [-0.05, 0) is 41.3 Å². The van der Waals surface area contributed by atoms with E-state index in [9.17, 15) is 0 Å². The summed E-state index contributed by atoms with van der Waals surface area (Å²) in [5, 5.41) is 3.42. The Morgan fingerprint density at radius 1 is 0.917 bits per heavy atom. The fourth-order valence-corrected chi connectivity index (χ4v) is 2.38. The lowest BCUT2D eigenvalue weighted by Gasteiger charge is -2.10. The van der Waals surface area contributed by atoms with Crippen molar-refractivity contribution in [1.29, 1.82) is 0 Å². The molecule has 2 aromatic carbocycles. The zero-order valence-electron chi connectivity index (χ0n) is 14.1. The molecule has 1 heterocycles. The highest BCUT2D eigenvalue weighted by Crippen LogP contribution is 2.20. The van der Waals surface area contributed by atoms with Crippen LogP contribution in [0.15, 0.2) is 72.9 Å². The Balaban J connectivity index is 1.56. The van der Waals surface area contributed by atoms with Crippen molar-refractivity contribution < 1.29 is 4.74 Å². The van der Waals surface area contributed by atoms with Gasteiger partial charge in [0.15, 0.2) is 0 Å². The van der Waals surface area contributed by atoms with E-state index in [4.69, 9.17) is 4.74 Å². The fourth-order valence-electron chi connectivity index (χ4n) is 2.38. The van der Waals surface area contributed by atoms with Crippen LogP contribution >= 0.6 is 0 Å². The topological polar surface area (TPSA) is 34.1 Å². The van der Waals surface area contributed by atoms with Crippen molar-refractivity contribution in [2.45, 2.75) is 26.3 Å². The Morgan fingerprint density at radius 3 is 2.29 bits per heavy atom. The van der Waals surface area contributed by atoms with E-state index in [1.165, 1.54) is 5.56 Å². The van der Waals surface area contributed by atoms with E-state index in [1.807, 2.05) is 48.7 Å². The predicted molar refractivity (Wildman–Crippen MR) is 98.6 cm³/mol. The van der Waals surface area contributed by atoms with Crippen LogP contribution in [0, 0.1) is 0 Å². The number of hydrogen-bond acceptors (Lipinski definition) is 3. The van der Waals surface area contributed by atoms with E-state index in [-0.39, 0.29) is 0 Å². The Morgan fingerprint density at radius 2 is 1.67 bits per heavy atom. The standard InChI is InChI=1S/C21H22N2O/c1-16(2)18-9-11-19(12-10-18)22-14-17-8-13-21(23-15-17)24-20-6-4-3-5-7-20/h3-13,15-16,22H,14H2,1-2H3. The van der Waals surface area contributed by atoms with Crippen LogP contribution in [-0.4, -0.2) is 4.98 Å². The number of benzene rings is 2. The van der Waals surface area contributed by atoms with E-state index in [2.05, 4.69) is 48.4 Å². The van der Waals surface area contributed by atoms with Gasteiger partial charge in [0.2, 0.25) is 5.88 Å². The number of ether oxygens (including phenoxy) is 1. The minimum absolute atomic E-state index is 0.556. The summed E-state index contributed by atoms with van der Waals surface area (Å²) >= 11 is 0. The lowest BCUT2D eigenvalue weighted by atomic mass is 10.0. The Hall–Kier alpha value is -2.81. The number of pyridine rings is 1. The molecule has 0 amide bonds. The minimum Gasteiger partial charge on any atom is -0.439 e. The molecule has 0 atom stereocenters. The maximum absolute atomic E-state index is 5.70. The first-order chi connectivity index (χ1) is 11.7. The van der Waals surface area contributed by atoms with Crippen LogP contribution in [0.3, 0.4) is 0 Å². The van der Waals surface area contributed by atoms with Gasteiger partial charge in [-0.15, -0.1) is 0 Å². The summed E-state index contributed by atoms with van der Waals surface area (Å²) in [6.07, 6.45) is 1.84. The van der Waals surface area contributed by atoms with Gasteiger partial charge in [-0.3, -0.25) is 0 Å². The summed E-state index contributed by atoms with van der Waals surface area (Å²) < 4.78 is 5.70. The van der Waals surface area contributed by atoms with Crippen LogP contribution in [0.1, 0.15) is 30.9 Å². The smallest absolute Gasteiger partial charge is 0.219 e. The number of rotatable bonds is 6. The van der Waals surface area contributed by atoms with Crippen LogP contribution in [0.4, 0.5) is 5.69 Å². The quantitative estimate of drug-likeness (QED) is 0.641. The Labute approximate surface area is 143 Å². The summed E-state index contributed by atoms with van der Waals surface area (Å²) in [5.74, 6) is 1.95. The van der Waals surface area contributed by atoms with E-state index in [0.29, 0.717) is 11.8 Å². The first kappa shape index (κ1) is 16.1. The molecule has 0 fully saturated rings. The van der Waals surface area contributed by atoms with Crippen molar-refractivity contribution in [2.75, 3.05) is 5.32 Å². The second-order valence-corrected chi connectivity index (χ2v) is 6.05. The zero-order valence-corrected chi connectivity index (χ0v) is 14.1. The first-order valence-corrected chi connectivity index (χ1v) is 8.22. The highest BCUT2D eigenvalue weighted by Gasteiger charge is 2.01. The number of nitrogens with zero attached hydrogens (tertiary/aromatic N) is 1. The van der Waals surface area contributed by atoms with Crippen LogP contribution in [0.5, 0.6) is 11.6 Å². The maximum atomic E-state index is 5.70. The van der Waals surface area contributed by atoms with Crippen LogP contribution in [0.2, 0.25) is 0 Å². The number of anilines is 1. The van der Waals surface area contributed by atoms with Gasteiger partial charge in [0, 0.05) is 24.5 Å². The molecule has 0 aliphatic carbocycles. The molecule has 0 aliphatic heterocycles. The highest BCUT2D eigenvalue weighted by atomic mass is 16.5. The van der Waals surface area contributed by atoms with Gasteiger partial charge < -0.3 is 10.1 Å². The first-order valence-electron chi connectivity index (χ1n) is 8.22. The van der Waals surface area contributed by atoms with E-state index >= 15 is 0 Å². The normalized spacial score (nSPS) is 10.6. The molecule has 0 unspecified atom stereocenters. The van der Waals surface area contributed by atoms with Crippen molar-refractivity contribution in [1.82, 2.24) is 4.98 Å². The van der Waals surface area contributed by atoms with E-state index < -0.39 is 0 Å². The van der Waals surface area contributed by atoms with E-state index in [1.54, 1.807) is 0 Å². The van der Waals surface area contributed by atoms with Crippen molar-refractivity contribution in [3.05, 3.63) is 84.1 Å². The molecule has 3 heteroatoms. The van der Waals surface area contributed by atoms with Crippen molar-refractivity contribution in [2.24, 2.45) is 0 Å². The Bertz CT molecular complexity index is 750. The lowest BCUT2D eigenvalue weighted by Crippen LogP contribution is -2.00. The van der Waals surface area contributed by atoms with Crippen molar-refractivity contribution >= 4 is 5.69 Å². The van der Waals surface area contributed by atoms with Gasteiger partial charge in [-0.2, -0.15) is 0 Å². The minimum atomic E-state index is 0.556. The zero-order chi connectivity index (χ0) is 16.8. The van der Waals surface area contributed by atoms with Gasteiger partial charge in [-0.1, -0.05) is 50.2 Å². The summed E-state index contributed by atoms with van der Waals surface area (Å²) in [7, 11) is 0. The molecular weight excluding hydrogens is 296 g/mol. The summed E-state index contributed by atoms with van der Waals surface area (Å²) in [5.41, 5.74) is 3.58. The van der Waals surface area contributed by atoms with Crippen molar-refractivity contribution in [3.63, 3.8) is 0 Å². The van der Waals surface area contributed by atoms with Crippen molar-refractivity contribution in [3.8, 4) is 11.6 Å². The van der Waals surface area contributed by atoms with Gasteiger partial charge in [0.1, 0.15) is 5.75 Å². The summed E-state index contributed by atoms with van der Waals surface area (Å²) in [6, 6.07) is 22.2. The number of hydrogen-bond donors (Lipinski definition) is 1. The molecule has 24 heavy (non-hydrogen) atoms. The highest BCUT2D eigenvalue weighted by molar-refractivity contribution is 5.45. The number of aromatic nitrogens is 1. The molecule has 3 rings (SSSR count). The molecule has 0 bridgehead atoms. The third kappa shape index (κ3) is 4.35. The number of nitrogens with one attached hydrogen (secondary N) is 1. The Kier molecular flexibility index (Phi) is 5.12. The molecule has 122 valence electrons. The average molecular weight is 318 g/mol. The fraction of sp³-hybridized carbons (Fsp3) is 0.190. The molecule has 3 aromatic rings. The number of para-hydroxylation sites is 1. The van der Waals surface area contributed by atoms with Gasteiger partial charge in [0.05, 0.1) is 0 Å². The molecule has 0 saturated carbocycles. The maximum Gasteiger partial charge on any atom is 0.219 e. The third-order valence-electron chi connectivity index (χ3n) is 3.84. The largest absolute Gasteiger partial charge is 0.439 e. The third-order valence-corrected chi connectivity index (χ3v) is 3.84. The molecule has 0 radical (unpaired) electrons. The van der Waals surface area contributed by atoms with Crippen LogP contribution in [0.25, 0.3) is 0 Å². The molecule has 0 aliphatic rings. The van der Waals surface area contributed by atoms with Crippen LogP contribution in [-0.2, 0) is 6.54 Å². The second kappa shape index (κ2) is 7.64. The molecule has 3 nitrogen and oxygen atoms in total. The monoisotopic (exact) mass is 318 g/mol. The van der Waals surface area contributed by atoms with Gasteiger partial charge in [0.25, 0.3) is 0 Å². The average Bonchev–Trinajstić information content (AvgIpc) is 2.62. The van der Waals surface area contributed by atoms with Gasteiger partial charge >= 0.3 is 0 Å². The van der Waals surface area contributed by atoms with Gasteiger partial charge in [-0.25, -0.2) is 4.98 Å². The second-order valence-electron chi connectivity index (χ2n) is 6.05. The predicted octanol–water partition coefficient (Wildman–Crippen LogP) is 5.61. The lowest BCUT2D eigenvalue weighted by molar-refractivity contribution is 0.462. The van der Waals surface area contributed by atoms with Crippen LogP contribution < -0.4 is 10.1 Å². The van der Waals surface area contributed by atoms with E-state index in [0.717, 1.165) is 23.5 Å².